The molecular formula is C48H55N11O5. The zero-order valence-corrected chi connectivity index (χ0v) is 36.5. The van der Waals surface area contributed by atoms with Crippen molar-refractivity contribution >= 4 is 51.2 Å². The average Bonchev–Trinajstić information content (AvgIpc) is 3.89. The fraction of sp³-hybridized carbons (Fsp3) is 0.438. The molecule has 3 aliphatic heterocycles. The first-order chi connectivity index (χ1) is 31.0. The smallest absolute Gasteiger partial charge is 0.329 e. The number of hydrogen-bond donors (Lipinski definition) is 3. The Balaban J connectivity index is 0.761. The molecule has 0 radical (unpaired) electrons. The molecule has 2 aromatic carbocycles. The number of nitrogens with one attached hydrogen (secondary N) is 2. The highest BCUT2D eigenvalue weighted by atomic mass is 16.3. The second-order valence-corrected chi connectivity index (χ2v) is 18.1. The number of imidazole rings is 1. The molecule has 3 fully saturated rings. The molecular weight excluding hydrogens is 811 g/mol. The van der Waals surface area contributed by atoms with Gasteiger partial charge in [-0.1, -0.05) is 31.2 Å². The molecule has 4 aliphatic rings. The number of carbonyl (C=O) groups is 2. The second-order valence-electron chi connectivity index (χ2n) is 18.1. The Morgan fingerprint density at radius 1 is 0.938 bits per heavy atom. The van der Waals surface area contributed by atoms with Crippen LogP contribution in [0.5, 0.6) is 0 Å². The molecule has 0 saturated carbocycles. The van der Waals surface area contributed by atoms with E-state index < -0.39 is 17.6 Å². The monoisotopic (exact) mass is 865 g/mol. The molecule has 2 amide bonds. The van der Waals surface area contributed by atoms with Gasteiger partial charge < -0.3 is 20.2 Å². The standard InChI is InChI=1S/C48H55N11O5/c1-4-23-57-45(62)36-28-49-46(53-43(36)59(57)39-15-9-32-17-22-48(64,5-2)42(32)51-39)50-33-10-12-34(13-11-33)56-26-18-30(19-27-56)29-55-24-20-31(21-25-55)35-7-6-8-37-41(35)54(3)47(63)58(37)38-14-16-40(60)52-44(38)61/h4,6-13,15,28,30-31,38,64H,1,5,14,16-27,29H2,2-3H3,(H,49,50,53)(H,52,60,61)/t38?,48-/m0/s1. The van der Waals surface area contributed by atoms with Crippen molar-refractivity contribution in [3.8, 4) is 5.82 Å². The summed E-state index contributed by atoms with van der Waals surface area (Å²) in [6.07, 6.45) is 9.95. The Labute approximate surface area is 370 Å². The fourth-order valence-corrected chi connectivity index (χ4v) is 10.7. The topological polar surface area (TPSA) is 177 Å². The molecule has 16 heteroatoms. The lowest BCUT2D eigenvalue weighted by Gasteiger charge is -2.38. The maximum Gasteiger partial charge on any atom is 0.329 e. The lowest BCUT2D eigenvalue weighted by molar-refractivity contribution is -0.135. The molecule has 2 atom stereocenters. The molecule has 16 nitrogen and oxygen atoms in total. The molecule has 4 aromatic heterocycles. The number of carbonyl (C=O) groups excluding carboxylic acids is 2. The molecule has 64 heavy (non-hydrogen) atoms. The van der Waals surface area contributed by atoms with Gasteiger partial charge in [-0.05, 0) is 124 Å². The number of aromatic nitrogens is 7. The van der Waals surface area contributed by atoms with E-state index in [1.807, 2.05) is 43.3 Å². The third-order valence-corrected chi connectivity index (χ3v) is 14.3. The van der Waals surface area contributed by atoms with Crippen molar-refractivity contribution < 1.29 is 14.7 Å². The van der Waals surface area contributed by atoms with Crippen LogP contribution < -0.4 is 26.8 Å². The van der Waals surface area contributed by atoms with E-state index in [2.05, 4.69) is 50.2 Å². The minimum atomic E-state index is -0.997. The molecule has 6 aromatic rings. The van der Waals surface area contributed by atoms with Crippen molar-refractivity contribution in [3.05, 3.63) is 111 Å². The number of likely N-dealkylation sites (tertiary alicyclic amines) is 1. The molecule has 0 bridgehead atoms. The zero-order valence-electron chi connectivity index (χ0n) is 36.5. The van der Waals surface area contributed by atoms with Crippen LogP contribution in [0.3, 0.4) is 0 Å². The van der Waals surface area contributed by atoms with Gasteiger partial charge in [-0.2, -0.15) is 4.98 Å². The molecule has 3 N–H and O–H groups in total. The van der Waals surface area contributed by atoms with Crippen LogP contribution in [-0.2, 0) is 35.2 Å². The number of amides is 2. The summed E-state index contributed by atoms with van der Waals surface area (Å²) < 4.78 is 6.51. The van der Waals surface area contributed by atoms with Crippen LogP contribution in [0.2, 0.25) is 0 Å². The Morgan fingerprint density at radius 2 is 1.72 bits per heavy atom. The van der Waals surface area contributed by atoms with Gasteiger partial charge in [0.2, 0.25) is 17.8 Å². The summed E-state index contributed by atoms with van der Waals surface area (Å²) in [6.45, 7) is 11.1. The molecule has 0 spiro atoms. The summed E-state index contributed by atoms with van der Waals surface area (Å²) in [5.74, 6) is 1.10. The molecule has 332 valence electrons. The van der Waals surface area contributed by atoms with E-state index in [4.69, 9.17) is 9.97 Å². The number of benzene rings is 2. The van der Waals surface area contributed by atoms with Gasteiger partial charge in [0.05, 0.1) is 23.3 Å². The van der Waals surface area contributed by atoms with E-state index >= 15 is 0 Å². The summed E-state index contributed by atoms with van der Waals surface area (Å²) in [6, 6.07) is 17.5. The number of allylic oxidation sites excluding steroid dienone is 1. The van der Waals surface area contributed by atoms with Crippen LogP contribution in [-0.4, -0.2) is 88.0 Å². The third-order valence-electron chi connectivity index (χ3n) is 14.3. The van der Waals surface area contributed by atoms with E-state index in [1.54, 1.807) is 37.8 Å². The lowest BCUT2D eigenvalue weighted by Crippen LogP contribution is -2.44. The number of para-hydroxylation sites is 1. The van der Waals surface area contributed by atoms with Crippen molar-refractivity contribution in [2.45, 2.75) is 88.8 Å². The Morgan fingerprint density at radius 3 is 2.45 bits per heavy atom. The van der Waals surface area contributed by atoms with Crippen molar-refractivity contribution in [1.82, 2.24) is 43.7 Å². The number of nitrogens with zero attached hydrogens (tertiary/aromatic N) is 9. The number of piperidine rings is 3. The zero-order chi connectivity index (χ0) is 44.3. The first kappa shape index (κ1) is 41.6. The quantitative estimate of drug-likeness (QED) is 0.116. The maximum atomic E-state index is 13.6. The average molecular weight is 866 g/mol. The van der Waals surface area contributed by atoms with Gasteiger partial charge in [0.25, 0.3) is 5.56 Å². The van der Waals surface area contributed by atoms with Crippen LogP contribution in [0.1, 0.15) is 87.1 Å². The molecule has 3 saturated heterocycles. The van der Waals surface area contributed by atoms with Crippen LogP contribution in [0.15, 0.2) is 83.0 Å². The van der Waals surface area contributed by atoms with Crippen LogP contribution >= 0.6 is 0 Å². The molecule has 10 rings (SSSR count). The van der Waals surface area contributed by atoms with E-state index in [0.717, 1.165) is 92.7 Å². The Hall–Kier alpha value is -6.39. The Bertz CT molecular complexity index is 2910. The van der Waals surface area contributed by atoms with E-state index in [0.29, 0.717) is 59.6 Å². The van der Waals surface area contributed by atoms with Crippen LogP contribution in [0.4, 0.5) is 17.3 Å². The van der Waals surface area contributed by atoms with Gasteiger partial charge in [0, 0.05) is 50.7 Å². The van der Waals surface area contributed by atoms with Crippen molar-refractivity contribution in [3.63, 3.8) is 0 Å². The summed E-state index contributed by atoms with van der Waals surface area (Å²) in [5, 5.41) is 17.4. The number of aryl methyl sites for hydroxylation is 2. The van der Waals surface area contributed by atoms with Gasteiger partial charge in [-0.25, -0.2) is 24.1 Å². The van der Waals surface area contributed by atoms with Crippen molar-refractivity contribution in [2.75, 3.05) is 42.9 Å². The molecule has 1 aliphatic carbocycles. The number of rotatable bonds is 11. The lowest BCUT2D eigenvalue weighted by atomic mass is 9.87. The van der Waals surface area contributed by atoms with E-state index in [-0.39, 0.29) is 30.1 Å². The fourth-order valence-electron chi connectivity index (χ4n) is 10.7. The number of hydrogen-bond acceptors (Lipinski definition) is 11. The highest BCUT2D eigenvalue weighted by molar-refractivity contribution is 6.00. The van der Waals surface area contributed by atoms with Crippen LogP contribution in [0, 0.1) is 5.92 Å². The number of aliphatic hydroxyl groups is 1. The van der Waals surface area contributed by atoms with Crippen molar-refractivity contribution in [2.24, 2.45) is 13.0 Å². The normalized spacial score (nSPS) is 21.2. The predicted octanol–water partition coefficient (Wildman–Crippen LogP) is 5.18. The maximum absolute atomic E-state index is 13.6. The van der Waals surface area contributed by atoms with Crippen LogP contribution in [0.25, 0.3) is 27.9 Å². The predicted molar refractivity (Wildman–Crippen MR) is 245 cm³/mol. The highest BCUT2D eigenvalue weighted by Gasteiger charge is 2.38. The Kier molecular flexibility index (Phi) is 10.8. The van der Waals surface area contributed by atoms with Gasteiger partial charge in [0.1, 0.15) is 17.0 Å². The van der Waals surface area contributed by atoms with Gasteiger partial charge in [-0.3, -0.25) is 28.8 Å². The highest BCUT2D eigenvalue weighted by Crippen LogP contribution is 2.39. The summed E-state index contributed by atoms with van der Waals surface area (Å²) in [5.41, 5.74) is 5.43. The van der Waals surface area contributed by atoms with E-state index in [1.165, 1.54) is 5.69 Å². The van der Waals surface area contributed by atoms with E-state index in [9.17, 15) is 24.3 Å². The first-order valence-corrected chi connectivity index (χ1v) is 22.7. The number of pyridine rings is 1. The third kappa shape index (κ3) is 7.31. The number of anilines is 3. The van der Waals surface area contributed by atoms with Gasteiger partial charge in [0.15, 0.2) is 11.5 Å². The minimum Gasteiger partial charge on any atom is -0.384 e. The molecule has 7 heterocycles. The summed E-state index contributed by atoms with van der Waals surface area (Å²) in [7, 11) is 1.79. The number of imide groups is 1. The SMILES string of the molecule is C=CCn1c(=O)c2cnc(Nc3ccc(N4CCC(CN5CCC(c6cccc7c6n(C)c(=O)n7C6CCC(=O)NC6=O)CC5)CC4)cc3)nc2n1-c1ccc2c(n1)[C@](O)(CC)CC2. The summed E-state index contributed by atoms with van der Waals surface area (Å²) in [4.78, 5) is 70.9. The molecule has 1 unspecified atom stereocenters. The summed E-state index contributed by atoms with van der Waals surface area (Å²) >= 11 is 0. The van der Waals surface area contributed by atoms with Gasteiger partial charge >= 0.3 is 5.69 Å². The van der Waals surface area contributed by atoms with Crippen molar-refractivity contribution in [1.29, 1.82) is 0 Å². The largest absolute Gasteiger partial charge is 0.384 e. The second kappa shape index (κ2) is 16.6. The first-order valence-electron chi connectivity index (χ1n) is 22.7. The number of fused-ring (bicyclic) bond motifs is 3. The van der Waals surface area contributed by atoms with Gasteiger partial charge in [-0.15, -0.1) is 6.58 Å². The minimum absolute atomic E-state index is 0.223.